The molecule has 1 aromatic carbocycles. The first kappa shape index (κ1) is 22.8. The first-order valence-corrected chi connectivity index (χ1v) is 13.1. The Morgan fingerprint density at radius 1 is 1.24 bits per heavy atom. The quantitative estimate of drug-likeness (QED) is 0.351. The predicted octanol–water partition coefficient (Wildman–Crippen LogP) is 5.40. The molecule has 4 aromatic rings. The van der Waals surface area contributed by atoms with E-state index in [9.17, 15) is 9.59 Å². The minimum absolute atomic E-state index is 0.0300. The van der Waals surface area contributed by atoms with Gasteiger partial charge < -0.3 is 9.88 Å². The van der Waals surface area contributed by atoms with E-state index in [0.717, 1.165) is 18.4 Å². The van der Waals surface area contributed by atoms with E-state index in [1.165, 1.54) is 27.4 Å². The van der Waals surface area contributed by atoms with Crippen LogP contribution in [0, 0.1) is 20.8 Å². The average molecular weight is 491 g/mol. The molecule has 3 heterocycles. The van der Waals surface area contributed by atoms with Crippen molar-refractivity contribution in [2.45, 2.75) is 56.8 Å². The minimum atomic E-state index is -0.181. The number of amides is 1. The molecule has 1 amide bonds. The van der Waals surface area contributed by atoms with E-state index in [1.54, 1.807) is 24.2 Å². The molecular formula is C26H26N4O2S2. The highest BCUT2D eigenvalue weighted by Crippen LogP contribution is 2.34. The van der Waals surface area contributed by atoms with Gasteiger partial charge in [0, 0.05) is 29.9 Å². The van der Waals surface area contributed by atoms with Crippen molar-refractivity contribution in [2.75, 3.05) is 0 Å². The van der Waals surface area contributed by atoms with Crippen LogP contribution >= 0.6 is 23.1 Å². The lowest BCUT2D eigenvalue weighted by Crippen LogP contribution is -2.32. The molecule has 0 atom stereocenters. The van der Waals surface area contributed by atoms with E-state index in [1.807, 2.05) is 24.0 Å². The molecule has 0 bridgehead atoms. The Bertz CT molecular complexity index is 1420. The molecule has 1 saturated carbocycles. The molecule has 1 aliphatic rings. The molecular weight excluding hydrogens is 464 g/mol. The van der Waals surface area contributed by atoms with E-state index >= 15 is 0 Å². The van der Waals surface area contributed by atoms with Crippen LogP contribution in [-0.4, -0.2) is 31.8 Å². The summed E-state index contributed by atoms with van der Waals surface area (Å²) in [5.41, 5.74) is 3.94. The number of hydrogen-bond acceptors (Lipinski definition) is 6. The fraction of sp³-hybridized carbons (Fsp3) is 0.308. The molecule has 0 spiro atoms. The maximum absolute atomic E-state index is 13.6. The number of thiophene rings is 1. The Morgan fingerprint density at radius 2 is 2.06 bits per heavy atom. The van der Waals surface area contributed by atoms with Gasteiger partial charge >= 0.3 is 0 Å². The zero-order valence-corrected chi connectivity index (χ0v) is 21.1. The van der Waals surface area contributed by atoms with Gasteiger partial charge in [0.25, 0.3) is 11.5 Å². The number of carbonyl (C=O) groups excluding carboxylic acids is 1. The molecule has 0 unspecified atom stereocenters. The zero-order valence-electron chi connectivity index (χ0n) is 19.4. The summed E-state index contributed by atoms with van der Waals surface area (Å²) in [6.07, 6.45) is 5.55. The van der Waals surface area contributed by atoms with Crippen LogP contribution in [0.3, 0.4) is 0 Å². The van der Waals surface area contributed by atoms with Crippen molar-refractivity contribution in [3.05, 3.63) is 86.0 Å². The van der Waals surface area contributed by atoms with Crippen LogP contribution in [0.15, 0.2) is 52.4 Å². The fourth-order valence-electron chi connectivity index (χ4n) is 4.04. The van der Waals surface area contributed by atoms with Gasteiger partial charge in [-0.25, -0.2) is 4.98 Å². The predicted molar refractivity (Wildman–Crippen MR) is 138 cm³/mol. The Labute approximate surface area is 206 Å². The molecule has 1 fully saturated rings. The monoisotopic (exact) mass is 490 g/mol. The molecule has 0 saturated heterocycles. The number of fused-ring (bicyclic) bond motifs is 1. The highest BCUT2D eigenvalue weighted by Gasteiger charge is 2.35. The first-order chi connectivity index (χ1) is 16.4. The average Bonchev–Trinajstić information content (AvgIpc) is 3.61. The lowest BCUT2D eigenvalue weighted by Gasteiger charge is -2.22. The van der Waals surface area contributed by atoms with E-state index in [-0.39, 0.29) is 17.5 Å². The summed E-state index contributed by atoms with van der Waals surface area (Å²) < 4.78 is 0. The first-order valence-electron chi connectivity index (χ1n) is 11.3. The summed E-state index contributed by atoms with van der Waals surface area (Å²) >= 11 is 2.98. The lowest BCUT2D eigenvalue weighted by atomic mass is 10.2. The lowest BCUT2D eigenvalue weighted by molar-refractivity contribution is 0.0734. The number of nitrogens with one attached hydrogen (secondary N) is 1. The molecule has 0 aliphatic heterocycles. The summed E-state index contributed by atoms with van der Waals surface area (Å²) in [6.45, 7) is 6.52. The van der Waals surface area contributed by atoms with Gasteiger partial charge in [0.15, 0.2) is 0 Å². The molecule has 6 nitrogen and oxygen atoms in total. The van der Waals surface area contributed by atoms with E-state index in [4.69, 9.17) is 4.98 Å². The molecule has 5 rings (SSSR count). The number of benzene rings is 1. The Kier molecular flexibility index (Phi) is 6.27. The van der Waals surface area contributed by atoms with E-state index < -0.39 is 0 Å². The molecule has 1 aliphatic carbocycles. The number of rotatable bonds is 7. The summed E-state index contributed by atoms with van der Waals surface area (Å²) in [6, 6.07) is 10.5. The highest BCUT2D eigenvalue weighted by atomic mass is 32.2. The van der Waals surface area contributed by atoms with Crippen molar-refractivity contribution in [3.8, 4) is 0 Å². The second kappa shape index (κ2) is 9.35. The summed E-state index contributed by atoms with van der Waals surface area (Å²) in [4.78, 5) is 42.7. The molecule has 174 valence electrons. The van der Waals surface area contributed by atoms with Crippen LogP contribution in [0.2, 0.25) is 0 Å². The van der Waals surface area contributed by atoms with Gasteiger partial charge in [-0.15, -0.1) is 23.1 Å². The number of H-pyrrole nitrogens is 1. The van der Waals surface area contributed by atoms with Crippen LogP contribution in [0.1, 0.15) is 50.6 Å². The van der Waals surface area contributed by atoms with Gasteiger partial charge in [-0.05, 0) is 62.4 Å². The highest BCUT2D eigenvalue weighted by molar-refractivity contribution is 7.98. The second-order valence-corrected chi connectivity index (χ2v) is 10.8. The number of aromatic amines is 1. The van der Waals surface area contributed by atoms with Gasteiger partial charge in [-0.1, -0.05) is 23.8 Å². The van der Waals surface area contributed by atoms with Crippen molar-refractivity contribution in [3.63, 3.8) is 0 Å². The van der Waals surface area contributed by atoms with Gasteiger partial charge in [-0.3, -0.25) is 14.6 Å². The maximum atomic E-state index is 13.6. The van der Waals surface area contributed by atoms with Crippen molar-refractivity contribution in [1.82, 2.24) is 19.9 Å². The Balaban J connectivity index is 1.43. The van der Waals surface area contributed by atoms with Crippen LogP contribution in [0.25, 0.3) is 10.2 Å². The number of hydrogen-bond donors (Lipinski definition) is 1. The van der Waals surface area contributed by atoms with Crippen molar-refractivity contribution in [2.24, 2.45) is 0 Å². The number of carbonyl (C=O) groups is 1. The van der Waals surface area contributed by atoms with Crippen LogP contribution in [0.5, 0.6) is 0 Å². The number of thioether (sulfide) groups is 1. The van der Waals surface area contributed by atoms with Crippen LogP contribution in [-0.2, 0) is 12.3 Å². The van der Waals surface area contributed by atoms with Crippen molar-refractivity contribution >= 4 is 39.2 Å². The topological polar surface area (TPSA) is 79.0 Å². The standard InChI is InChI=1S/C26H26N4O2S2/c1-15-6-7-16(2)20(11-15)33-14-21-28-24(31)22-17(3)23(34-25(22)29-21)26(32)30(19-8-9-19)13-18-5-4-10-27-12-18/h4-7,10-12,19H,8-9,13-14H2,1-3H3,(H,28,29,31). The molecule has 34 heavy (non-hydrogen) atoms. The third-order valence-corrected chi connectivity index (χ3v) is 8.42. The molecule has 1 N–H and O–H groups in total. The van der Waals surface area contributed by atoms with Gasteiger partial charge in [0.1, 0.15) is 10.7 Å². The summed E-state index contributed by atoms with van der Waals surface area (Å²) in [5.74, 6) is 1.15. The van der Waals surface area contributed by atoms with E-state index in [0.29, 0.717) is 38.8 Å². The third-order valence-electron chi connectivity index (χ3n) is 6.08. The molecule has 3 aromatic heterocycles. The molecule has 0 radical (unpaired) electrons. The third kappa shape index (κ3) is 4.65. The van der Waals surface area contributed by atoms with Crippen molar-refractivity contribution in [1.29, 1.82) is 0 Å². The van der Waals surface area contributed by atoms with Gasteiger partial charge in [-0.2, -0.15) is 0 Å². The summed E-state index contributed by atoms with van der Waals surface area (Å²) in [7, 11) is 0. The summed E-state index contributed by atoms with van der Waals surface area (Å²) in [5, 5.41) is 0.519. The fourth-order valence-corrected chi connectivity index (χ4v) is 6.19. The molecule has 8 heteroatoms. The second-order valence-electron chi connectivity index (χ2n) is 8.83. The smallest absolute Gasteiger partial charge is 0.264 e. The van der Waals surface area contributed by atoms with Gasteiger partial charge in [0.05, 0.1) is 16.0 Å². The normalized spacial score (nSPS) is 13.4. The number of nitrogens with zero attached hydrogens (tertiary/aromatic N) is 3. The van der Waals surface area contributed by atoms with Gasteiger partial charge in [0.2, 0.25) is 0 Å². The Morgan fingerprint density at radius 3 is 2.79 bits per heavy atom. The van der Waals surface area contributed by atoms with Crippen LogP contribution in [0.4, 0.5) is 0 Å². The SMILES string of the molecule is Cc1ccc(C)c(SCc2nc3sc(C(=O)N(Cc4cccnc4)C4CC4)c(C)c3c(=O)[nH]2)c1. The van der Waals surface area contributed by atoms with Crippen molar-refractivity contribution < 1.29 is 4.79 Å². The Hall–Kier alpha value is -2.97. The zero-order chi connectivity index (χ0) is 23.8. The van der Waals surface area contributed by atoms with E-state index in [2.05, 4.69) is 42.0 Å². The number of pyridine rings is 1. The maximum Gasteiger partial charge on any atom is 0.264 e. The number of aryl methyl sites for hydroxylation is 3. The van der Waals surface area contributed by atoms with Crippen LogP contribution < -0.4 is 5.56 Å². The minimum Gasteiger partial charge on any atom is -0.331 e. The number of aromatic nitrogens is 3. The largest absolute Gasteiger partial charge is 0.331 e.